The van der Waals surface area contributed by atoms with Crippen molar-refractivity contribution in [2.75, 3.05) is 0 Å². The van der Waals surface area contributed by atoms with Crippen molar-refractivity contribution in [2.24, 2.45) is 0 Å². The van der Waals surface area contributed by atoms with Gasteiger partial charge in [-0.2, -0.15) is 0 Å². The molecule has 0 aliphatic rings. The number of hydrogen-bond donors (Lipinski definition) is 0. The summed E-state index contributed by atoms with van der Waals surface area (Å²) in [6, 6.07) is 32.7. The quantitative estimate of drug-likeness (QED) is 0.182. The van der Waals surface area contributed by atoms with Crippen molar-refractivity contribution in [3.8, 4) is 17.2 Å². The van der Waals surface area contributed by atoms with Gasteiger partial charge in [-0.3, -0.25) is 10.1 Å². The van der Waals surface area contributed by atoms with Crippen molar-refractivity contribution in [2.45, 2.75) is 19.8 Å². The van der Waals surface area contributed by atoms with Crippen molar-refractivity contribution >= 4 is 6.08 Å². The summed E-state index contributed by atoms with van der Waals surface area (Å²) in [5, 5.41) is 11.0. The molecule has 0 radical (unpaired) electrons. The summed E-state index contributed by atoms with van der Waals surface area (Å²) in [6.45, 7) is 0.890. The molecule has 0 amide bonds. The fourth-order valence-electron chi connectivity index (χ4n) is 3.43. The van der Waals surface area contributed by atoms with Gasteiger partial charge in [0.25, 0.3) is 0 Å². The molecule has 0 N–H and O–H groups in total. The van der Waals surface area contributed by atoms with E-state index in [1.54, 1.807) is 12.1 Å². The smallest absolute Gasteiger partial charge is 0.235 e. The summed E-state index contributed by atoms with van der Waals surface area (Å²) in [5.41, 5.74) is 3.46. The Morgan fingerprint density at radius 3 is 1.54 bits per heavy atom. The van der Waals surface area contributed by atoms with Crippen molar-refractivity contribution in [1.29, 1.82) is 0 Å². The van der Waals surface area contributed by atoms with Crippen LogP contribution in [0.5, 0.6) is 17.2 Å². The van der Waals surface area contributed by atoms with Crippen molar-refractivity contribution in [1.82, 2.24) is 0 Å². The zero-order valence-corrected chi connectivity index (χ0v) is 19.1. The van der Waals surface area contributed by atoms with Crippen LogP contribution >= 0.6 is 0 Å². The normalized spacial score (nSPS) is 10.7. The number of benzene rings is 4. The van der Waals surface area contributed by atoms with E-state index in [0.717, 1.165) is 22.9 Å². The van der Waals surface area contributed by atoms with E-state index in [1.807, 2.05) is 91.0 Å². The Morgan fingerprint density at radius 1 is 0.600 bits per heavy atom. The Morgan fingerprint density at radius 2 is 1.06 bits per heavy atom. The number of hydrogen-bond acceptors (Lipinski definition) is 5. The Balaban J connectivity index is 1.69. The first-order chi connectivity index (χ1) is 17.2. The third-order valence-corrected chi connectivity index (χ3v) is 5.17. The van der Waals surface area contributed by atoms with Gasteiger partial charge in [-0.1, -0.05) is 91.0 Å². The topological polar surface area (TPSA) is 70.8 Å². The lowest BCUT2D eigenvalue weighted by Crippen LogP contribution is -2.05. The summed E-state index contributed by atoms with van der Waals surface area (Å²) >= 11 is 0. The molecular weight excluding hydrogens is 442 g/mol. The zero-order chi connectivity index (χ0) is 24.3. The Kier molecular flexibility index (Phi) is 8.11. The first-order valence-corrected chi connectivity index (χ1v) is 11.2. The summed E-state index contributed by atoms with van der Waals surface area (Å²) in [5.74, 6) is 1.27. The van der Waals surface area contributed by atoms with E-state index >= 15 is 0 Å². The second-order valence-electron chi connectivity index (χ2n) is 7.74. The molecule has 4 aromatic carbocycles. The van der Waals surface area contributed by atoms with E-state index in [1.165, 1.54) is 6.08 Å². The monoisotopic (exact) mass is 467 g/mol. The van der Waals surface area contributed by atoms with Crippen LogP contribution in [0.3, 0.4) is 0 Å². The average Bonchev–Trinajstić information content (AvgIpc) is 2.90. The van der Waals surface area contributed by atoms with Crippen molar-refractivity contribution in [3.63, 3.8) is 0 Å². The lowest BCUT2D eigenvalue weighted by Gasteiger charge is -2.19. The highest BCUT2D eigenvalue weighted by molar-refractivity contribution is 5.66. The molecule has 6 heteroatoms. The van der Waals surface area contributed by atoms with Gasteiger partial charge in [0, 0.05) is 11.6 Å². The predicted molar refractivity (Wildman–Crippen MR) is 135 cm³/mol. The van der Waals surface area contributed by atoms with Gasteiger partial charge in [0.05, 0.1) is 4.92 Å². The second-order valence-corrected chi connectivity index (χ2v) is 7.74. The van der Waals surface area contributed by atoms with Crippen LogP contribution < -0.4 is 14.2 Å². The Bertz CT molecular complexity index is 1260. The molecule has 0 heterocycles. The summed E-state index contributed by atoms with van der Waals surface area (Å²) in [6.07, 6.45) is 2.28. The summed E-state index contributed by atoms with van der Waals surface area (Å²) < 4.78 is 18.5. The van der Waals surface area contributed by atoms with Gasteiger partial charge in [0.1, 0.15) is 19.8 Å². The van der Waals surface area contributed by atoms with Crippen LogP contribution in [0.1, 0.15) is 22.3 Å². The van der Waals surface area contributed by atoms with Crippen molar-refractivity contribution in [3.05, 3.63) is 142 Å². The third kappa shape index (κ3) is 6.95. The first-order valence-electron chi connectivity index (χ1n) is 11.2. The van der Waals surface area contributed by atoms with E-state index in [-0.39, 0.29) is 13.2 Å². The van der Waals surface area contributed by atoms with E-state index in [9.17, 15) is 10.1 Å². The maximum absolute atomic E-state index is 11.0. The van der Waals surface area contributed by atoms with Gasteiger partial charge < -0.3 is 14.2 Å². The average molecular weight is 468 g/mol. The SMILES string of the molecule is O=[N+]([O-])C=Cc1ccc(OCc2ccccc2)c(OCc2ccccc2)c1OCc1ccccc1. The minimum atomic E-state index is -0.509. The van der Waals surface area contributed by atoms with Crippen LogP contribution in [-0.2, 0) is 19.8 Å². The molecule has 0 aromatic heterocycles. The molecule has 4 rings (SSSR count). The number of ether oxygens (including phenoxy) is 3. The van der Waals surface area contributed by atoms with E-state index in [2.05, 4.69) is 0 Å². The standard InChI is InChI=1S/C29H25NO5/c31-30(32)19-18-26-16-17-27(33-20-23-10-4-1-5-11-23)29(35-22-25-14-8-3-9-15-25)28(26)34-21-24-12-6-2-7-13-24/h1-19H,20-22H2. The molecular formula is C29H25NO5. The molecule has 4 aromatic rings. The lowest BCUT2D eigenvalue weighted by molar-refractivity contribution is -0.400. The molecule has 0 aliphatic carbocycles. The Hall–Kier alpha value is -4.58. The second kappa shape index (κ2) is 12.0. The zero-order valence-electron chi connectivity index (χ0n) is 19.1. The highest BCUT2D eigenvalue weighted by Crippen LogP contribution is 2.42. The van der Waals surface area contributed by atoms with Gasteiger partial charge in [0.2, 0.25) is 11.9 Å². The molecule has 0 bridgehead atoms. The molecule has 176 valence electrons. The highest BCUT2D eigenvalue weighted by atomic mass is 16.6. The molecule has 0 saturated heterocycles. The predicted octanol–water partition coefficient (Wildman–Crippen LogP) is 6.67. The van der Waals surface area contributed by atoms with E-state index in [4.69, 9.17) is 14.2 Å². The van der Waals surface area contributed by atoms with Gasteiger partial charge in [-0.15, -0.1) is 0 Å². The molecule has 0 unspecified atom stereocenters. The number of rotatable bonds is 11. The van der Waals surface area contributed by atoms with Gasteiger partial charge in [-0.25, -0.2) is 0 Å². The highest BCUT2D eigenvalue weighted by Gasteiger charge is 2.18. The third-order valence-electron chi connectivity index (χ3n) is 5.17. The van der Waals surface area contributed by atoms with Crippen LogP contribution in [0.15, 0.2) is 109 Å². The molecule has 6 nitrogen and oxygen atoms in total. The maximum Gasteiger partial charge on any atom is 0.235 e. The van der Waals surface area contributed by atoms with Gasteiger partial charge in [0.15, 0.2) is 11.5 Å². The lowest BCUT2D eigenvalue weighted by atomic mass is 10.1. The Labute approximate surface area is 204 Å². The van der Waals surface area contributed by atoms with E-state index < -0.39 is 4.92 Å². The molecule has 35 heavy (non-hydrogen) atoms. The minimum Gasteiger partial charge on any atom is -0.485 e. The largest absolute Gasteiger partial charge is 0.485 e. The summed E-state index contributed by atoms with van der Waals surface area (Å²) in [4.78, 5) is 10.5. The number of nitrogens with zero attached hydrogens (tertiary/aromatic N) is 1. The maximum atomic E-state index is 11.0. The summed E-state index contributed by atoms with van der Waals surface area (Å²) in [7, 11) is 0. The van der Waals surface area contributed by atoms with Gasteiger partial charge >= 0.3 is 0 Å². The van der Waals surface area contributed by atoms with Crippen LogP contribution in [0.25, 0.3) is 6.08 Å². The van der Waals surface area contributed by atoms with Crippen LogP contribution in [-0.4, -0.2) is 4.92 Å². The molecule has 0 aliphatic heterocycles. The van der Waals surface area contributed by atoms with Crippen LogP contribution in [0.4, 0.5) is 0 Å². The van der Waals surface area contributed by atoms with Crippen LogP contribution in [0.2, 0.25) is 0 Å². The molecule has 0 atom stereocenters. The molecule has 0 fully saturated rings. The first kappa shape index (κ1) is 23.6. The van der Waals surface area contributed by atoms with E-state index in [0.29, 0.717) is 29.4 Å². The number of nitro groups is 1. The van der Waals surface area contributed by atoms with Crippen LogP contribution in [0, 0.1) is 10.1 Å². The molecule has 0 spiro atoms. The van der Waals surface area contributed by atoms with Crippen molar-refractivity contribution < 1.29 is 19.1 Å². The fourth-order valence-corrected chi connectivity index (χ4v) is 3.43. The fraction of sp³-hybridized carbons (Fsp3) is 0.103. The van der Waals surface area contributed by atoms with Gasteiger partial charge in [-0.05, 0) is 28.8 Å². The minimum absolute atomic E-state index is 0.268. The molecule has 0 saturated carbocycles.